The predicted octanol–water partition coefficient (Wildman–Crippen LogP) is 1.31. The van der Waals surface area contributed by atoms with Crippen LogP contribution in [0.2, 0.25) is 0 Å². The maximum atomic E-state index is 11.3. The molecule has 0 saturated heterocycles. The molecule has 0 heterocycles. The van der Waals surface area contributed by atoms with Crippen LogP contribution >= 0.6 is 0 Å². The summed E-state index contributed by atoms with van der Waals surface area (Å²) >= 11 is 0. The zero-order valence-electron chi connectivity index (χ0n) is 10.4. The quantitative estimate of drug-likeness (QED) is 0.473. The SMILES string of the molecule is Cc1ccc([N+](=O)[O-])c(OCC(=O)NCCC#N)c1. The molecule has 7 nitrogen and oxygen atoms in total. The van der Waals surface area contributed by atoms with Crippen LogP contribution in [0.3, 0.4) is 0 Å². The molecule has 0 saturated carbocycles. The fourth-order valence-corrected chi connectivity index (χ4v) is 1.34. The van der Waals surface area contributed by atoms with Crippen molar-refractivity contribution in [2.45, 2.75) is 13.3 Å². The minimum Gasteiger partial charge on any atom is -0.477 e. The molecule has 0 aromatic heterocycles. The van der Waals surface area contributed by atoms with Crippen LogP contribution in [0.1, 0.15) is 12.0 Å². The van der Waals surface area contributed by atoms with E-state index in [-0.39, 0.29) is 31.0 Å². The highest BCUT2D eigenvalue weighted by Gasteiger charge is 2.15. The molecule has 19 heavy (non-hydrogen) atoms. The van der Waals surface area contributed by atoms with Crippen molar-refractivity contribution in [1.29, 1.82) is 5.26 Å². The van der Waals surface area contributed by atoms with Crippen molar-refractivity contribution in [3.63, 3.8) is 0 Å². The van der Waals surface area contributed by atoms with E-state index in [1.54, 1.807) is 13.0 Å². The van der Waals surface area contributed by atoms with Gasteiger partial charge in [0.15, 0.2) is 12.4 Å². The standard InChI is InChI=1S/C12H13N3O4/c1-9-3-4-10(15(17)18)11(7-9)19-8-12(16)14-6-2-5-13/h3-4,7H,2,6,8H2,1H3,(H,14,16). The maximum Gasteiger partial charge on any atom is 0.310 e. The number of amides is 1. The zero-order valence-corrected chi connectivity index (χ0v) is 10.4. The van der Waals surface area contributed by atoms with Gasteiger partial charge in [0, 0.05) is 12.6 Å². The number of benzene rings is 1. The largest absolute Gasteiger partial charge is 0.477 e. The molecule has 1 aromatic rings. The molecule has 0 bridgehead atoms. The smallest absolute Gasteiger partial charge is 0.310 e. The van der Waals surface area contributed by atoms with Gasteiger partial charge in [-0.1, -0.05) is 6.07 Å². The molecule has 0 aliphatic rings. The van der Waals surface area contributed by atoms with Gasteiger partial charge in [-0.15, -0.1) is 0 Å². The Morgan fingerprint density at radius 3 is 2.95 bits per heavy atom. The third kappa shape index (κ3) is 4.63. The first-order chi connectivity index (χ1) is 9.04. The van der Waals surface area contributed by atoms with E-state index in [2.05, 4.69) is 5.32 Å². The number of nitriles is 1. The van der Waals surface area contributed by atoms with Crippen LogP contribution < -0.4 is 10.1 Å². The Balaban J connectivity index is 2.62. The lowest BCUT2D eigenvalue weighted by Gasteiger charge is -2.07. The number of hydrogen-bond acceptors (Lipinski definition) is 5. The number of rotatable bonds is 6. The predicted molar refractivity (Wildman–Crippen MR) is 66.6 cm³/mol. The van der Waals surface area contributed by atoms with Gasteiger partial charge in [-0.3, -0.25) is 14.9 Å². The van der Waals surface area contributed by atoms with Crippen molar-refractivity contribution in [3.05, 3.63) is 33.9 Å². The average Bonchev–Trinajstić information content (AvgIpc) is 2.36. The second kappa shape index (κ2) is 6.96. The molecular weight excluding hydrogens is 250 g/mol. The first-order valence-corrected chi connectivity index (χ1v) is 5.56. The Hall–Kier alpha value is -2.62. The van der Waals surface area contributed by atoms with Crippen molar-refractivity contribution in [3.8, 4) is 11.8 Å². The molecule has 0 spiro atoms. The number of carbonyl (C=O) groups is 1. The van der Waals surface area contributed by atoms with Gasteiger partial charge in [0.2, 0.25) is 0 Å². The van der Waals surface area contributed by atoms with E-state index >= 15 is 0 Å². The highest BCUT2D eigenvalue weighted by atomic mass is 16.6. The molecule has 7 heteroatoms. The van der Waals surface area contributed by atoms with Gasteiger partial charge >= 0.3 is 5.69 Å². The number of nitro groups is 1. The van der Waals surface area contributed by atoms with Crippen LogP contribution in [0.15, 0.2) is 18.2 Å². The van der Waals surface area contributed by atoms with Crippen LogP contribution in [0.25, 0.3) is 0 Å². The summed E-state index contributed by atoms with van der Waals surface area (Å²) in [6, 6.07) is 6.31. The molecule has 0 unspecified atom stereocenters. The lowest BCUT2D eigenvalue weighted by Crippen LogP contribution is -2.29. The van der Waals surface area contributed by atoms with Gasteiger partial charge < -0.3 is 10.1 Å². The van der Waals surface area contributed by atoms with Crippen LogP contribution in [-0.2, 0) is 4.79 Å². The highest BCUT2D eigenvalue weighted by molar-refractivity contribution is 5.77. The Morgan fingerprint density at radius 1 is 1.58 bits per heavy atom. The molecule has 1 rings (SSSR count). The maximum absolute atomic E-state index is 11.3. The lowest BCUT2D eigenvalue weighted by atomic mass is 10.2. The van der Waals surface area contributed by atoms with E-state index in [9.17, 15) is 14.9 Å². The second-order valence-electron chi connectivity index (χ2n) is 3.78. The fraction of sp³-hybridized carbons (Fsp3) is 0.333. The molecule has 1 amide bonds. The van der Waals surface area contributed by atoms with Crippen molar-refractivity contribution in [2.75, 3.05) is 13.2 Å². The third-order valence-corrected chi connectivity index (χ3v) is 2.23. The Labute approximate surface area is 109 Å². The van der Waals surface area contributed by atoms with E-state index in [0.717, 1.165) is 5.56 Å². The summed E-state index contributed by atoms with van der Waals surface area (Å²) in [5.74, 6) is -0.369. The minimum absolute atomic E-state index is 0.0560. The minimum atomic E-state index is -0.567. The van der Waals surface area contributed by atoms with E-state index < -0.39 is 10.8 Å². The molecule has 0 fully saturated rings. The number of nitrogens with one attached hydrogen (secondary N) is 1. The zero-order chi connectivity index (χ0) is 14.3. The van der Waals surface area contributed by atoms with Crippen molar-refractivity contribution in [2.24, 2.45) is 0 Å². The summed E-state index contributed by atoms with van der Waals surface area (Å²) in [5.41, 5.74) is 0.612. The monoisotopic (exact) mass is 263 g/mol. The Bertz CT molecular complexity index is 522. The topological polar surface area (TPSA) is 105 Å². The number of ether oxygens (including phenoxy) is 1. The summed E-state index contributed by atoms with van der Waals surface area (Å²) in [5, 5.41) is 21.5. The normalized spacial score (nSPS) is 9.47. The summed E-state index contributed by atoms with van der Waals surface area (Å²) < 4.78 is 5.14. The molecule has 1 N–H and O–H groups in total. The second-order valence-corrected chi connectivity index (χ2v) is 3.78. The van der Waals surface area contributed by atoms with Gasteiger partial charge in [0.05, 0.1) is 17.4 Å². The molecule has 0 atom stereocenters. The number of nitrogens with zero attached hydrogens (tertiary/aromatic N) is 2. The van der Waals surface area contributed by atoms with Gasteiger partial charge in [-0.25, -0.2) is 0 Å². The van der Waals surface area contributed by atoms with Crippen LogP contribution in [0, 0.1) is 28.4 Å². The number of nitro benzene ring substituents is 1. The molecule has 0 radical (unpaired) electrons. The average molecular weight is 263 g/mol. The van der Waals surface area contributed by atoms with Crippen LogP contribution in [0.4, 0.5) is 5.69 Å². The van der Waals surface area contributed by atoms with Gasteiger partial charge in [-0.05, 0) is 18.6 Å². The molecule has 0 aliphatic carbocycles. The summed E-state index contributed by atoms with van der Waals surface area (Å²) in [6.07, 6.45) is 0.205. The lowest BCUT2D eigenvalue weighted by molar-refractivity contribution is -0.385. The van der Waals surface area contributed by atoms with Crippen LogP contribution in [-0.4, -0.2) is 24.0 Å². The van der Waals surface area contributed by atoms with Gasteiger partial charge in [-0.2, -0.15) is 5.26 Å². The first kappa shape index (κ1) is 14.4. The van der Waals surface area contributed by atoms with Gasteiger partial charge in [0.1, 0.15) is 0 Å². The van der Waals surface area contributed by atoms with Crippen molar-refractivity contribution >= 4 is 11.6 Å². The van der Waals surface area contributed by atoms with E-state index in [4.69, 9.17) is 10.00 Å². The first-order valence-electron chi connectivity index (χ1n) is 5.56. The highest BCUT2D eigenvalue weighted by Crippen LogP contribution is 2.27. The van der Waals surface area contributed by atoms with Crippen molar-refractivity contribution < 1.29 is 14.5 Å². The number of hydrogen-bond donors (Lipinski definition) is 1. The van der Waals surface area contributed by atoms with E-state index in [1.807, 2.05) is 6.07 Å². The number of carbonyl (C=O) groups excluding carboxylic acids is 1. The summed E-state index contributed by atoms with van der Waals surface area (Å²) in [4.78, 5) is 21.6. The van der Waals surface area contributed by atoms with Crippen LogP contribution in [0.5, 0.6) is 5.75 Å². The Morgan fingerprint density at radius 2 is 2.32 bits per heavy atom. The fourth-order valence-electron chi connectivity index (χ4n) is 1.34. The summed E-state index contributed by atoms with van der Waals surface area (Å²) in [7, 11) is 0. The molecule has 100 valence electrons. The van der Waals surface area contributed by atoms with Gasteiger partial charge in [0.25, 0.3) is 5.91 Å². The van der Waals surface area contributed by atoms with Crippen molar-refractivity contribution in [1.82, 2.24) is 5.32 Å². The molecular formula is C12H13N3O4. The van der Waals surface area contributed by atoms with E-state index in [1.165, 1.54) is 12.1 Å². The number of aryl methyl sites for hydroxylation is 1. The third-order valence-electron chi connectivity index (χ3n) is 2.23. The Kier molecular flexibility index (Phi) is 5.29. The molecule has 0 aliphatic heterocycles. The summed E-state index contributed by atoms with van der Waals surface area (Å²) in [6.45, 7) is 1.67. The van der Waals surface area contributed by atoms with E-state index in [0.29, 0.717) is 0 Å². The molecule has 1 aromatic carbocycles.